The molecule has 1 aromatic carbocycles. The summed E-state index contributed by atoms with van der Waals surface area (Å²) in [6.45, 7) is 4.24. The first-order valence-corrected chi connectivity index (χ1v) is 8.86. The summed E-state index contributed by atoms with van der Waals surface area (Å²) in [5.41, 5.74) is 1.86. The zero-order valence-corrected chi connectivity index (χ0v) is 15.2. The first-order chi connectivity index (χ1) is 12.4. The van der Waals surface area contributed by atoms with Gasteiger partial charge >= 0.3 is 0 Å². The zero-order chi connectivity index (χ0) is 18.5. The molecule has 1 saturated heterocycles. The minimum absolute atomic E-state index is 0.123. The average Bonchev–Trinajstić information content (AvgIpc) is 2.92. The lowest BCUT2D eigenvalue weighted by molar-refractivity contribution is -0.0914. The van der Waals surface area contributed by atoms with Crippen molar-refractivity contribution < 1.29 is 24.4 Å². The maximum absolute atomic E-state index is 11.4. The number of allylic oxidation sites excluding steroid dienone is 3. The number of hydrogen-bond donors (Lipinski definition) is 2. The van der Waals surface area contributed by atoms with Gasteiger partial charge in [0.05, 0.1) is 13.2 Å². The van der Waals surface area contributed by atoms with Crippen LogP contribution in [0.1, 0.15) is 31.9 Å². The van der Waals surface area contributed by atoms with Crippen LogP contribution in [-0.4, -0.2) is 35.6 Å². The van der Waals surface area contributed by atoms with E-state index in [1.807, 2.05) is 12.2 Å². The van der Waals surface area contributed by atoms with Crippen molar-refractivity contribution in [3.63, 3.8) is 0 Å². The van der Waals surface area contributed by atoms with E-state index in [2.05, 4.69) is 19.9 Å². The minimum Gasteiger partial charge on any atom is -0.508 e. The number of rotatable bonds is 3. The van der Waals surface area contributed by atoms with Crippen molar-refractivity contribution in [1.29, 1.82) is 0 Å². The van der Waals surface area contributed by atoms with Crippen molar-refractivity contribution in [3.05, 3.63) is 58.9 Å². The summed E-state index contributed by atoms with van der Waals surface area (Å²) in [6.07, 6.45) is 5.95. The first kappa shape index (κ1) is 17.2. The lowest BCUT2D eigenvalue weighted by Crippen LogP contribution is -2.48. The van der Waals surface area contributed by atoms with Crippen molar-refractivity contribution in [2.45, 2.75) is 38.1 Å². The highest BCUT2D eigenvalue weighted by molar-refractivity contribution is 5.47. The van der Waals surface area contributed by atoms with Gasteiger partial charge in [0.15, 0.2) is 0 Å². The topological polar surface area (TPSA) is 68.2 Å². The molecule has 26 heavy (non-hydrogen) atoms. The number of hydrogen-bond acceptors (Lipinski definition) is 5. The molecule has 0 bridgehead atoms. The summed E-state index contributed by atoms with van der Waals surface area (Å²) >= 11 is 0. The van der Waals surface area contributed by atoms with E-state index in [9.17, 15) is 10.2 Å². The van der Waals surface area contributed by atoms with Gasteiger partial charge in [-0.25, -0.2) is 0 Å². The molecule has 2 aliphatic heterocycles. The van der Waals surface area contributed by atoms with E-state index in [1.54, 1.807) is 25.3 Å². The van der Waals surface area contributed by atoms with E-state index in [1.165, 1.54) is 5.57 Å². The molecule has 5 heteroatoms. The smallest absolute Gasteiger partial charge is 0.138 e. The molecule has 0 saturated carbocycles. The van der Waals surface area contributed by atoms with Crippen LogP contribution in [-0.2, 0) is 9.47 Å². The van der Waals surface area contributed by atoms with Crippen LogP contribution in [0, 0.1) is 5.92 Å². The molecule has 0 amide bonds. The Kier molecular flexibility index (Phi) is 4.09. The van der Waals surface area contributed by atoms with E-state index < -0.39 is 11.7 Å². The van der Waals surface area contributed by atoms with Crippen LogP contribution in [0.4, 0.5) is 0 Å². The molecule has 0 radical (unpaired) electrons. The molecule has 138 valence electrons. The first-order valence-electron chi connectivity index (χ1n) is 8.86. The number of aliphatic hydroxyl groups is 1. The van der Waals surface area contributed by atoms with Crippen LogP contribution in [0.2, 0.25) is 0 Å². The summed E-state index contributed by atoms with van der Waals surface area (Å²) < 4.78 is 17.7. The van der Waals surface area contributed by atoms with Crippen molar-refractivity contribution in [2.24, 2.45) is 5.92 Å². The Morgan fingerprint density at radius 2 is 2.19 bits per heavy atom. The van der Waals surface area contributed by atoms with Crippen LogP contribution in [0.5, 0.6) is 11.5 Å². The molecule has 4 rings (SSSR count). The number of phenolic OH excluding ortho intramolecular Hbond substituents is 1. The number of fused-ring (bicyclic) bond motifs is 5. The lowest BCUT2D eigenvalue weighted by Gasteiger charge is -2.37. The van der Waals surface area contributed by atoms with Crippen LogP contribution < -0.4 is 4.74 Å². The second-order valence-corrected chi connectivity index (χ2v) is 7.40. The van der Waals surface area contributed by atoms with Gasteiger partial charge < -0.3 is 24.4 Å². The van der Waals surface area contributed by atoms with E-state index >= 15 is 0 Å². The summed E-state index contributed by atoms with van der Waals surface area (Å²) in [6, 6.07) is 4.92. The Morgan fingerprint density at radius 1 is 1.38 bits per heavy atom. The SMILES string of the molecule is COC1=C(CC=C(C)C)C2OC3c4ccc(O)cc4OCC3(O)C2C=C1. The second kappa shape index (κ2) is 6.18. The highest BCUT2D eigenvalue weighted by Crippen LogP contribution is 2.55. The van der Waals surface area contributed by atoms with Crippen LogP contribution >= 0.6 is 0 Å². The summed E-state index contributed by atoms with van der Waals surface area (Å²) in [5, 5.41) is 21.1. The maximum Gasteiger partial charge on any atom is 0.138 e. The molecule has 0 aromatic heterocycles. The second-order valence-electron chi connectivity index (χ2n) is 7.40. The average molecular weight is 356 g/mol. The highest BCUT2D eigenvalue weighted by atomic mass is 16.6. The van der Waals surface area contributed by atoms with Gasteiger partial charge in [-0.05, 0) is 38.5 Å². The largest absolute Gasteiger partial charge is 0.508 e. The molecule has 5 nitrogen and oxygen atoms in total. The van der Waals surface area contributed by atoms with Crippen LogP contribution in [0.25, 0.3) is 0 Å². The fraction of sp³-hybridized carbons (Fsp3) is 0.429. The molecule has 3 aliphatic rings. The van der Waals surface area contributed by atoms with E-state index in [4.69, 9.17) is 14.2 Å². The Labute approximate surface area is 153 Å². The molecule has 4 atom stereocenters. The van der Waals surface area contributed by atoms with E-state index in [-0.39, 0.29) is 24.4 Å². The lowest BCUT2D eigenvalue weighted by atomic mass is 9.75. The molecule has 1 fully saturated rings. The molecule has 4 unspecified atom stereocenters. The molecule has 2 N–H and O–H groups in total. The van der Waals surface area contributed by atoms with Crippen molar-refractivity contribution in [3.8, 4) is 11.5 Å². The fourth-order valence-electron chi connectivity index (χ4n) is 4.09. The zero-order valence-electron chi connectivity index (χ0n) is 15.2. The summed E-state index contributed by atoms with van der Waals surface area (Å²) in [4.78, 5) is 0. The van der Waals surface area contributed by atoms with E-state index in [0.717, 1.165) is 16.9 Å². The normalized spacial score (nSPS) is 31.6. The molecule has 0 spiro atoms. The van der Waals surface area contributed by atoms with Crippen molar-refractivity contribution in [1.82, 2.24) is 0 Å². The monoisotopic (exact) mass is 356 g/mol. The fourth-order valence-corrected chi connectivity index (χ4v) is 4.09. The van der Waals surface area contributed by atoms with E-state index in [0.29, 0.717) is 12.2 Å². The minimum atomic E-state index is -1.15. The Morgan fingerprint density at radius 3 is 2.92 bits per heavy atom. The number of aromatic hydroxyl groups is 1. The van der Waals surface area contributed by atoms with Gasteiger partial charge in [0, 0.05) is 23.1 Å². The third-order valence-electron chi connectivity index (χ3n) is 5.44. The van der Waals surface area contributed by atoms with Gasteiger partial charge in [-0.15, -0.1) is 0 Å². The van der Waals surface area contributed by atoms with Crippen LogP contribution in [0.3, 0.4) is 0 Å². The standard InChI is InChI=1S/C21H24O5/c1-12(2)4-6-14-17(24-3)9-8-16-19(14)26-20-15-7-5-13(22)10-18(15)25-11-21(16,20)23/h4-5,7-10,16,19-20,22-23H,6,11H2,1-3H3. The van der Waals surface area contributed by atoms with Gasteiger partial charge in [0.1, 0.15) is 35.6 Å². The van der Waals surface area contributed by atoms with Gasteiger partial charge in [-0.2, -0.15) is 0 Å². The predicted octanol–water partition coefficient (Wildman–Crippen LogP) is 3.40. The molecule has 2 heterocycles. The number of benzene rings is 1. The summed E-state index contributed by atoms with van der Waals surface area (Å²) in [7, 11) is 1.65. The van der Waals surface area contributed by atoms with Crippen LogP contribution in [0.15, 0.2) is 53.3 Å². The third kappa shape index (κ3) is 2.54. The van der Waals surface area contributed by atoms with Crippen molar-refractivity contribution in [2.75, 3.05) is 13.7 Å². The van der Waals surface area contributed by atoms with Gasteiger partial charge in [-0.1, -0.05) is 17.7 Å². The third-order valence-corrected chi connectivity index (χ3v) is 5.44. The Hall–Kier alpha value is -2.24. The Bertz CT molecular complexity index is 818. The molecular formula is C21H24O5. The van der Waals surface area contributed by atoms with Gasteiger partial charge in [0.25, 0.3) is 0 Å². The highest BCUT2D eigenvalue weighted by Gasteiger charge is 2.59. The van der Waals surface area contributed by atoms with Gasteiger partial charge in [0.2, 0.25) is 0 Å². The maximum atomic E-state index is 11.4. The summed E-state index contributed by atoms with van der Waals surface area (Å²) in [5.74, 6) is 1.27. The van der Waals surface area contributed by atoms with Gasteiger partial charge in [-0.3, -0.25) is 0 Å². The number of methoxy groups -OCH3 is 1. The predicted molar refractivity (Wildman–Crippen MR) is 96.9 cm³/mol. The molecule has 1 aromatic rings. The number of phenols is 1. The quantitative estimate of drug-likeness (QED) is 0.813. The molecule has 1 aliphatic carbocycles. The number of ether oxygens (including phenoxy) is 3. The van der Waals surface area contributed by atoms with Crippen molar-refractivity contribution >= 4 is 0 Å². The molecular weight excluding hydrogens is 332 g/mol. The Balaban J connectivity index is 1.75.